The van der Waals surface area contributed by atoms with E-state index in [-0.39, 0.29) is 74.0 Å². The van der Waals surface area contributed by atoms with E-state index in [4.69, 9.17) is 0 Å². The molecule has 368 valence electrons. The minimum Gasteiger partial charge on any atom is -0.390 e. The predicted molar refractivity (Wildman–Crippen MR) is 257 cm³/mol. The zero-order valence-corrected chi connectivity index (χ0v) is 43.4. The highest BCUT2D eigenvalue weighted by Crippen LogP contribution is 2.19. The zero-order valence-electron chi connectivity index (χ0n) is 43.4. The average molecular weight is 889 g/mol. The van der Waals surface area contributed by atoms with E-state index in [2.05, 4.69) is 43.0 Å². The summed E-state index contributed by atoms with van der Waals surface area (Å²) >= 11 is 0. The Morgan fingerprint density at radius 2 is 1.11 bits per heavy atom. The summed E-state index contributed by atoms with van der Waals surface area (Å²) in [5, 5.41) is 18.2. The molecule has 0 bridgehead atoms. The molecule has 0 aromatic rings. The number of hydrogen-bond acceptors (Lipinski definition) is 10. The lowest BCUT2D eigenvalue weighted by Crippen LogP contribution is -2.57. The summed E-state index contributed by atoms with van der Waals surface area (Å²) in [6.45, 7) is 34.4. The average Bonchev–Trinajstić information content (AvgIpc) is 3.22. The van der Waals surface area contributed by atoms with Gasteiger partial charge in [0.05, 0.1) is 38.3 Å². The van der Waals surface area contributed by atoms with Gasteiger partial charge in [0.25, 0.3) is 0 Å². The van der Waals surface area contributed by atoms with E-state index in [0.29, 0.717) is 19.4 Å². The van der Waals surface area contributed by atoms with Gasteiger partial charge in [0.2, 0.25) is 35.4 Å². The summed E-state index contributed by atoms with van der Waals surface area (Å²) in [6.07, 6.45) is 1.32. The Labute approximate surface area is 379 Å². The summed E-state index contributed by atoms with van der Waals surface area (Å²) in [5.41, 5.74) is 0. The highest BCUT2D eigenvalue weighted by atomic mass is 16.3. The first-order chi connectivity index (χ1) is 28.9. The molecule has 0 radical (unpaired) electrons. The van der Waals surface area contributed by atoms with Crippen molar-refractivity contribution in [1.82, 2.24) is 40.4 Å². The fourth-order valence-corrected chi connectivity index (χ4v) is 5.59. The van der Waals surface area contributed by atoms with Gasteiger partial charge in [-0.05, 0) is 66.1 Å². The standard InChI is InChI=1S/C35H66N8O8.C3H8.3C2H6.C2H4/c1-14-28(45)32(33(49)37-17-24(6)44)43(13)31(48)21-41(11)35(51)27(16-23(4)5)40(10)19-26(15-22(2)3)42(12)34(50)25(7)38-29(46)18-36-30(47)20-39(8)9;1-3-2;4*1-2/h22-23,25-28,32,45H,14-21H2,1-13H3,(H,36,47)(H,37,49)(H,38,46);3H2,1-2H3;3*1-2H3;1-2H2. The quantitative estimate of drug-likeness (QED) is 0.107. The topological polar surface area (TPSA) is 192 Å². The molecule has 4 N–H and O–H groups in total. The second-order valence-electron chi connectivity index (χ2n) is 15.4. The monoisotopic (exact) mass is 889 g/mol. The molecule has 16 nitrogen and oxygen atoms in total. The Morgan fingerprint density at radius 1 is 0.645 bits per heavy atom. The van der Waals surface area contributed by atoms with Crippen LogP contribution in [0.2, 0.25) is 0 Å². The molecule has 0 aliphatic carbocycles. The molecule has 0 aliphatic rings. The number of carbonyl (C=O) groups excluding carboxylic acids is 7. The van der Waals surface area contributed by atoms with Crippen molar-refractivity contribution in [1.29, 1.82) is 0 Å². The predicted octanol–water partition coefficient (Wildman–Crippen LogP) is 4.45. The van der Waals surface area contributed by atoms with Crippen LogP contribution in [0.1, 0.15) is 130 Å². The second kappa shape index (κ2) is 42.4. The van der Waals surface area contributed by atoms with Crippen molar-refractivity contribution in [3.63, 3.8) is 0 Å². The van der Waals surface area contributed by atoms with E-state index in [1.54, 1.807) is 51.8 Å². The Morgan fingerprint density at radius 3 is 1.52 bits per heavy atom. The minimum absolute atomic E-state index is 0.110. The first-order valence-corrected chi connectivity index (χ1v) is 22.6. The van der Waals surface area contributed by atoms with Crippen LogP contribution >= 0.6 is 0 Å². The third-order valence-corrected chi connectivity index (χ3v) is 8.43. The van der Waals surface area contributed by atoms with Gasteiger partial charge in [0, 0.05) is 33.7 Å². The van der Waals surface area contributed by atoms with E-state index in [1.807, 2.05) is 74.1 Å². The van der Waals surface area contributed by atoms with Gasteiger partial charge >= 0.3 is 0 Å². The molecule has 0 spiro atoms. The van der Waals surface area contributed by atoms with Gasteiger partial charge in [-0.2, -0.15) is 0 Å². The molecule has 0 aliphatic heterocycles. The molecule has 0 aromatic heterocycles. The van der Waals surface area contributed by atoms with Crippen LogP contribution in [0.5, 0.6) is 0 Å². The number of nitrogens with one attached hydrogen (secondary N) is 3. The number of rotatable bonds is 23. The first kappa shape index (κ1) is 69.8. The van der Waals surface area contributed by atoms with Gasteiger partial charge in [-0.1, -0.05) is 96.4 Å². The number of hydrogen-bond donors (Lipinski definition) is 4. The molecule has 0 aromatic carbocycles. The number of aliphatic hydroxyl groups is 1. The van der Waals surface area contributed by atoms with Crippen LogP contribution in [0.25, 0.3) is 0 Å². The first-order valence-electron chi connectivity index (χ1n) is 22.6. The molecule has 6 amide bonds. The molecular formula is C46H96N8O8. The molecule has 0 saturated carbocycles. The van der Waals surface area contributed by atoms with Crippen LogP contribution in [0.3, 0.4) is 0 Å². The summed E-state index contributed by atoms with van der Waals surface area (Å²) in [7, 11) is 9.82. The maximum atomic E-state index is 13.9. The van der Waals surface area contributed by atoms with Crippen LogP contribution in [0.15, 0.2) is 13.2 Å². The SMILES string of the molecule is C=C.CC.CC.CC.CCC.CCC(O)C(C(=O)NCC(C)=O)N(C)C(=O)CN(C)C(=O)C(CC(C)C)N(C)CC(CC(C)C)N(C)C(=O)C(C)NC(=O)CNC(=O)CN(C)C. The number of Topliss-reactive ketones (excluding diaryl/α,β-unsaturated/α-hetero) is 1. The van der Waals surface area contributed by atoms with E-state index >= 15 is 0 Å². The third-order valence-electron chi connectivity index (χ3n) is 8.43. The highest BCUT2D eigenvalue weighted by molar-refractivity contribution is 5.93. The van der Waals surface area contributed by atoms with Gasteiger partial charge in [0.15, 0.2) is 0 Å². The van der Waals surface area contributed by atoms with Crippen LogP contribution in [0, 0.1) is 11.8 Å². The highest BCUT2D eigenvalue weighted by Gasteiger charge is 2.36. The van der Waals surface area contributed by atoms with E-state index in [1.165, 1.54) is 32.3 Å². The molecule has 0 fully saturated rings. The lowest BCUT2D eigenvalue weighted by atomic mass is 9.98. The van der Waals surface area contributed by atoms with Crippen LogP contribution in [-0.4, -0.2) is 176 Å². The maximum absolute atomic E-state index is 13.9. The number of carbonyl (C=O) groups is 7. The number of amides is 6. The van der Waals surface area contributed by atoms with Crippen molar-refractivity contribution in [3.05, 3.63) is 13.2 Å². The Bertz CT molecular complexity index is 1220. The van der Waals surface area contributed by atoms with E-state index < -0.39 is 42.0 Å². The molecular weight excluding hydrogens is 793 g/mol. The van der Waals surface area contributed by atoms with E-state index in [0.717, 1.165) is 4.90 Å². The Kier molecular flexibility index (Phi) is 47.7. The maximum Gasteiger partial charge on any atom is 0.245 e. The summed E-state index contributed by atoms with van der Waals surface area (Å²) < 4.78 is 0. The van der Waals surface area contributed by atoms with Crippen molar-refractivity contribution >= 4 is 41.2 Å². The van der Waals surface area contributed by atoms with Crippen LogP contribution < -0.4 is 16.0 Å². The summed E-state index contributed by atoms with van der Waals surface area (Å²) in [5.74, 6) is -2.66. The molecule has 62 heavy (non-hydrogen) atoms. The number of ketones is 1. The summed E-state index contributed by atoms with van der Waals surface area (Å²) in [6, 6.07) is -3.09. The zero-order chi connectivity index (χ0) is 50.5. The Balaban J connectivity index is -0.000000650. The number of nitrogens with zero attached hydrogens (tertiary/aromatic N) is 5. The van der Waals surface area contributed by atoms with Gasteiger partial charge in [-0.25, -0.2) is 0 Å². The molecule has 5 atom stereocenters. The molecule has 16 heteroatoms. The fraction of sp³-hybridized carbons (Fsp3) is 0.804. The van der Waals surface area contributed by atoms with Crippen molar-refractivity contribution in [3.8, 4) is 0 Å². The normalized spacial score (nSPS) is 12.5. The van der Waals surface area contributed by atoms with Gasteiger partial charge in [-0.3, -0.25) is 38.5 Å². The van der Waals surface area contributed by atoms with Crippen LogP contribution in [0.4, 0.5) is 0 Å². The van der Waals surface area contributed by atoms with E-state index in [9.17, 15) is 38.7 Å². The van der Waals surface area contributed by atoms with Crippen LogP contribution in [-0.2, 0) is 33.6 Å². The minimum atomic E-state index is -1.25. The smallest absolute Gasteiger partial charge is 0.245 e. The van der Waals surface area contributed by atoms with Crippen molar-refractivity contribution in [2.24, 2.45) is 11.8 Å². The Hall–Kier alpha value is -3.89. The second-order valence-corrected chi connectivity index (χ2v) is 15.4. The molecule has 5 unspecified atom stereocenters. The largest absolute Gasteiger partial charge is 0.390 e. The van der Waals surface area contributed by atoms with Gasteiger partial charge < -0.3 is 40.7 Å². The molecule has 0 heterocycles. The van der Waals surface area contributed by atoms with Gasteiger partial charge in [-0.15, -0.1) is 13.2 Å². The fourth-order valence-electron chi connectivity index (χ4n) is 5.59. The van der Waals surface area contributed by atoms with Crippen molar-refractivity contribution in [2.45, 2.75) is 160 Å². The lowest BCUT2D eigenvalue weighted by Gasteiger charge is -2.38. The number of likely N-dealkylation sites (N-methyl/N-ethyl adjacent to an activating group) is 5. The van der Waals surface area contributed by atoms with Gasteiger partial charge in [0.1, 0.15) is 17.9 Å². The van der Waals surface area contributed by atoms with Crippen molar-refractivity contribution < 1.29 is 38.7 Å². The summed E-state index contributed by atoms with van der Waals surface area (Å²) in [4.78, 5) is 97.0. The third kappa shape index (κ3) is 32.8. The molecule has 0 rings (SSSR count). The lowest BCUT2D eigenvalue weighted by molar-refractivity contribution is -0.147. The number of aliphatic hydroxyl groups excluding tert-OH is 1. The molecule has 0 saturated heterocycles. The van der Waals surface area contributed by atoms with Crippen molar-refractivity contribution in [2.75, 3.05) is 75.0 Å².